The van der Waals surface area contributed by atoms with Crippen LogP contribution in [0.15, 0.2) is 29.8 Å². The van der Waals surface area contributed by atoms with Gasteiger partial charge in [0.05, 0.1) is 12.6 Å². The van der Waals surface area contributed by atoms with E-state index in [4.69, 9.17) is 9.47 Å². The van der Waals surface area contributed by atoms with E-state index in [-0.39, 0.29) is 0 Å². The summed E-state index contributed by atoms with van der Waals surface area (Å²) < 4.78 is 10.5. The Balaban J connectivity index is 2.01. The largest absolute Gasteiger partial charge is 0.497 e. The van der Waals surface area contributed by atoms with Crippen LogP contribution in [0.4, 0.5) is 5.00 Å². The van der Waals surface area contributed by atoms with Crippen LogP contribution < -0.4 is 10.1 Å². The maximum absolute atomic E-state index is 12.1. The normalized spacial score (nSPS) is 11.1. The number of nitrogens with one attached hydrogen (secondary N) is 1. The standard InChI is InChI=1S/C16H20N2O3S/c1-16(2,3)21-15(19)13-14(22-10-18-13)17-9-11-5-7-12(20-4)8-6-11/h5-8,10,17H,9H2,1-4H3. The van der Waals surface area contributed by atoms with Gasteiger partial charge >= 0.3 is 5.97 Å². The Morgan fingerprint density at radius 2 is 1.95 bits per heavy atom. The number of thiazole rings is 1. The van der Waals surface area contributed by atoms with Crippen LogP contribution in [0.3, 0.4) is 0 Å². The minimum Gasteiger partial charge on any atom is -0.497 e. The molecule has 2 rings (SSSR count). The van der Waals surface area contributed by atoms with Gasteiger partial charge in [-0.15, -0.1) is 11.3 Å². The number of hydrogen-bond acceptors (Lipinski definition) is 6. The molecule has 0 radical (unpaired) electrons. The minimum absolute atomic E-state index is 0.327. The number of carbonyl (C=O) groups excluding carboxylic acids is 1. The fourth-order valence-electron chi connectivity index (χ4n) is 1.77. The predicted octanol–water partition coefficient (Wildman–Crippen LogP) is 3.72. The van der Waals surface area contributed by atoms with Gasteiger partial charge in [-0.3, -0.25) is 0 Å². The Morgan fingerprint density at radius 1 is 1.27 bits per heavy atom. The molecule has 0 unspecified atom stereocenters. The number of hydrogen-bond donors (Lipinski definition) is 1. The van der Waals surface area contributed by atoms with Crippen LogP contribution in [-0.4, -0.2) is 23.7 Å². The third-order valence-corrected chi connectivity index (χ3v) is 3.56. The second-order valence-corrected chi connectivity index (χ2v) is 6.59. The van der Waals surface area contributed by atoms with E-state index in [0.29, 0.717) is 17.2 Å². The molecule has 6 heteroatoms. The van der Waals surface area contributed by atoms with Crippen LogP contribution >= 0.6 is 11.3 Å². The number of ether oxygens (including phenoxy) is 2. The van der Waals surface area contributed by atoms with E-state index in [1.807, 2.05) is 45.0 Å². The highest BCUT2D eigenvalue weighted by Gasteiger charge is 2.22. The summed E-state index contributed by atoms with van der Waals surface area (Å²) in [5.41, 5.74) is 2.52. The average Bonchev–Trinajstić information content (AvgIpc) is 2.92. The first-order chi connectivity index (χ1) is 10.4. The number of aromatic nitrogens is 1. The number of nitrogens with zero attached hydrogens (tertiary/aromatic N) is 1. The fourth-order valence-corrected chi connectivity index (χ4v) is 2.44. The molecule has 0 bridgehead atoms. The summed E-state index contributed by atoms with van der Waals surface area (Å²) in [5, 5.41) is 3.94. The van der Waals surface area contributed by atoms with E-state index >= 15 is 0 Å². The van der Waals surface area contributed by atoms with Crippen LogP contribution in [0.1, 0.15) is 36.8 Å². The maximum Gasteiger partial charge on any atom is 0.360 e. The molecule has 0 fully saturated rings. The van der Waals surface area contributed by atoms with Gasteiger partial charge in [-0.05, 0) is 38.5 Å². The summed E-state index contributed by atoms with van der Waals surface area (Å²) >= 11 is 1.38. The zero-order valence-corrected chi connectivity index (χ0v) is 14.0. The molecule has 5 nitrogen and oxygen atoms in total. The van der Waals surface area contributed by atoms with Crippen LogP contribution in [0.2, 0.25) is 0 Å². The molecule has 0 saturated carbocycles. The molecule has 2 aromatic rings. The third kappa shape index (κ3) is 4.46. The third-order valence-electron chi connectivity index (χ3n) is 2.77. The zero-order valence-electron chi connectivity index (χ0n) is 13.2. The lowest BCUT2D eigenvalue weighted by Crippen LogP contribution is -2.24. The van der Waals surface area contributed by atoms with Crippen LogP contribution in [-0.2, 0) is 11.3 Å². The number of anilines is 1. The van der Waals surface area contributed by atoms with Gasteiger partial charge in [0.15, 0.2) is 5.69 Å². The molecule has 1 aromatic carbocycles. The van der Waals surface area contributed by atoms with Crippen molar-refractivity contribution in [2.24, 2.45) is 0 Å². The van der Waals surface area contributed by atoms with Gasteiger partial charge in [0.25, 0.3) is 0 Å². The quantitative estimate of drug-likeness (QED) is 0.851. The van der Waals surface area contributed by atoms with Crippen LogP contribution in [0.25, 0.3) is 0 Å². The van der Waals surface area contributed by atoms with Crippen molar-refractivity contribution in [3.05, 3.63) is 41.0 Å². The maximum atomic E-state index is 12.1. The lowest BCUT2D eigenvalue weighted by molar-refractivity contribution is 0.00648. The molecule has 0 aliphatic carbocycles. The molecule has 0 aliphatic heterocycles. The van der Waals surface area contributed by atoms with Crippen molar-refractivity contribution in [3.63, 3.8) is 0 Å². The first-order valence-corrected chi connectivity index (χ1v) is 7.80. The van der Waals surface area contributed by atoms with Gasteiger partial charge in [-0.25, -0.2) is 9.78 Å². The SMILES string of the molecule is COc1ccc(CNc2scnc2C(=O)OC(C)(C)C)cc1. The highest BCUT2D eigenvalue weighted by Crippen LogP contribution is 2.24. The molecule has 118 valence electrons. The lowest BCUT2D eigenvalue weighted by Gasteiger charge is -2.19. The predicted molar refractivity (Wildman–Crippen MR) is 87.6 cm³/mol. The number of benzene rings is 1. The topological polar surface area (TPSA) is 60.5 Å². The van der Waals surface area contributed by atoms with Crippen molar-refractivity contribution in [3.8, 4) is 5.75 Å². The molecular weight excluding hydrogens is 300 g/mol. The molecule has 0 amide bonds. The lowest BCUT2D eigenvalue weighted by atomic mass is 10.2. The van der Waals surface area contributed by atoms with Gasteiger partial charge in [-0.2, -0.15) is 0 Å². The Morgan fingerprint density at radius 3 is 2.55 bits per heavy atom. The first-order valence-electron chi connectivity index (χ1n) is 6.92. The van der Waals surface area contributed by atoms with Crippen molar-refractivity contribution in [2.45, 2.75) is 32.9 Å². The van der Waals surface area contributed by atoms with E-state index in [0.717, 1.165) is 11.3 Å². The monoisotopic (exact) mass is 320 g/mol. The second kappa shape index (κ2) is 6.79. The molecule has 1 heterocycles. The number of methoxy groups -OCH3 is 1. The van der Waals surface area contributed by atoms with Crippen molar-refractivity contribution in [2.75, 3.05) is 12.4 Å². The van der Waals surface area contributed by atoms with Gasteiger partial charge < -0.3 is 14.8 Å². The van der Waals surface area contributed by atoms with Crippen molar-refractivity contribution >= 4 is 22.3 Å². The molecule has 1 aromatic heterocycles. The van der Waals surface area contributed by atoms with Gasteiger partial charge in [0.2, 0.25) is 0 Å². The van der Waals surface area contributed by atoms with Crippen molar-refractivity contribution in [1.29, 1.82) is 0 Å². The summed E-state index contributed by atoms with van der Waals surface area (Å²) in [6.07, 6.45) is 0. The molecular formula is C16H20N2O3S. The van der Waals surface area contributed by atoms with E-state index in [1.54, 1.807) is 12.6 Å². The summed E-state index contributed by atoms with van der Waals surface area (Å²) in [6.45, 7) is 6.10. The Hall–Kier alpha value is -2.08. The minimum atomic E-state index is -0.534. The average molecular weight is 320 g/mol. The smallest absolute Gasteiger partial charge is 0.360 e. The highest BCUT2D eigenvalue weighted by molar-refractivity contribution is 7.14. The van der Waals surface area contributed by atoms with Crippen molar-refractivity contribution < 1.29 is 14.3 Å². The molecule has 0 atom stereocenters. The highest BCUT2D eigenvalue weighted by atomic mass is 32.1. The molecule has 0 spiro atoms. The van der Waals surface area contributed by atoms with Gasteiger partial charge in [-0.1, -0.05) is 12.1 Å². The Kier molecular flexibility index (Phi) is 5.03. The molecule has 1 N–H and O–H groups in total. The zero-order chi connectivity index (χ0) is 16.2. The number of carbonyl (C=O) groups is 1. The second-order valence-electron chi connectivity index (χ2n) is 5.73. The summed E-state index contributed by atoms with van der Waals surface area (Å²) in [6, 6.07) is 7.75. The van der Waals surface area contributed by atoms with Gasteiger partial charge in [0, 0.05) is 6.54 Å². The molecule has 22 heavy (non-hydrogen) atoms. The fraction of sp³-hybridized carbons (Fsp3) is 0.375. The summed E-state index contributed by atoms with van der Waals surface area (Å²) in [5.74, 6) is 0.405. The molecule has 0 aliphatic rings. The Labute approximate surface area is 134 Å². The summed E-state index contributed by atoms with van der Waals surface area (Å²) in [7, 11) is 1.64. The van der Waals surface area contributed by atoms with E-state index in [9.17, 15) is 4.79 Å². The van der Waals surface area contributed by atoms with Crippen LogP contribution in [0, 0.1) is 0 Å². The Bertz CT molecular complexity index is 630. The number of rotatable bonds is 5. The first kappa shape index (κ1) is 16.3. The van der Waals surface area contributed by atoms with Crippen LogP contribution in [0.5, 0.6) is 5.75 Å². The van der Waals surface area contributed by atoms with E-state index in [2.05, 4.69) is 10.3 Å². The summed E-state index contributed by atoms with van der Waals surface area (Å²) in [4.78, 5) is 16.2. The van der Waals surface area contributed by atoms with Gasteiger partial charge in [0.1, 0.15) is 16.4 Å². The van der Waals surface area contributed by atoms with E-state index in [1.165, 1.54) is 11.3 Å². The molecule has 0 saturated heterocycles. The van der Waals surface area contributed by atoms with E-state index < -0.39 is 11.6 Å². The van der Waals surface area contributed by atoms with Crippen molar-refractivity contribution in [1.82, 2.24) is 4.98 Å². The number of esters is 1.